The van der Waals surface area contributed by atoms with E-state index in [9.17, 15) is 0 Å². The van der Waals surface area contributed by atoms with Crippen LogP contribution in [0.1, 0.15) is 31.2 Å². The van der Waals surface area contributed by atoms with Gasteiger partial charge >= 0.3 is 0 Å². The van der Waals surface area contributed by atoms with Crippen LogP contribution in [-0.4, -0.2) is 24.3 Å². The smallest absolute Gasteiger partial charge is 0.231 e. The van der Waals surface area contributed by atoms with E-state index < -0.39 is 0 Å². The van der Waals surface area contributed by atoms with Crippen molar-refractivity contribution in [1.82, 2.24) is 4.98 Å². The van der Waals surface area contributed by atoms with Gasteiger partial charge in [-0.3, -0.25) is 0 Å². The van der Waals surface area contributed by atoms with Crippen molar-refractivity contribution in [1.29, 1.82) is 5.26 Å². The van der Waals surface area contributed by atoms with Crippen molar-refractivity contribution in [2.75, 3.05) is 7.11 Å². The fourth-order valence-corrected chi connectivity index (χ4v) is 2.15. The maximum Gasteiger partial charge on any atom is 0.231 e. The Morgan fingerprint density at radius 2 is 2.24 bits per heavy atom. The van der Waals surface area contributed by atoms with Crippen LogP contribution < -0.4 is 4.74 Å². The van der Waals surface area contributed by atoms with Crippen LogP contribution >= 0.6 is 0 Å². The molecule has 4 nitrogen and oxygen atoms in total. The molecule has 0 radical (unpaired) electrons. The van der Waals surface area contributed by atoms with E-state index in [-0.39, 0.29) is 12.2 Å². The van der Waals surface area contributed by atoms with Gasteiger partial charge in [-0.1, -0.05) is 0 Å². The minimum absolute atomic E-state index is 0.107. The zero-order valence-corrected chi connectivity index (χ0v) is 9.93. The van der Waals surface area contributed by atoms with Crippen LogP contribution in [0.15, 0.2) is 18.3 Å². The third-order valence-corrected chi connectivity index (χ3v) is 3.08. The molecule has 0 amide bonds. The Labute approximate surface area is 101 Å². The third-order valence-electron chi connectivity index (χ3n) is 3.08. The summed E-state index contributed by atoms with van der Waals surface area (Å²) in [6, 6.07) is 5.55. The molecule has 0 aromatic carbocycles. The van der Waals surface area contributed by atoms with E-state index in [2.05, 4.69) is 11.1 Å². The zero-order valence-electron chi connectivity index (χ0n) is 9.93. The summed E-state index contributed by atoms with van der Waals surface area (Å²) in [6.07, 6.45) is 6.08. The molecule has 0 N–H and O–H groups in total. The molecule has 1 aliphatic carbocycles. The molecule has 1 saturated carbocycles. The largest absolute Gasteiger partial charge is 0.473 e. The highest BCUT2D eigenvalue weighted by Crippen LogP contribution is 2.25. The number of ether oxygens (including phenoxy) is 2. The van der Waals surface area contributed by atoms with E-state index in [0.29, 0.717) is 11.4 Å². The molecule has 2 unspecified atom stereocenters. The van der Waals surface area contributed by atoms with Crippen LogP contribution in [0, 0.1) is 11.3 Å². The summed E-state index contributed by atoms with van der Waals surface area (Å²) in [7, 11) is 1.73. The Morgan fingerprint density at radius 3 is 3.00 bits per heavy atom. The summed E-state index contributed by atoms with van der Waals surface area (Å²) in [6.45, 7) is 0. The molecule has 1 aromatic rings. The Morgan fingerprint density at radius 1 is 1.41 bits per heavy atom. The van der Waals surface area contributed by atoms with Gasteiger partial charge in [-0.2, -0.15) is 5.26 Å². The Balaban J connectivity index is 2.03. The van der Waals surface area contributed by atoms with Gasteiger partial charge in [0.15, 0.2) is 0 Å². The summed E-state index contributed by atoms with van der Waals surface area (Å²) in [4.78, 5) is 4.11. The molecule has 0 spiro atoms. The highest BCUT2D eigenvalue weighted by Gasteiger charge is 2.24. The number of rotatable bonds is 3. The fourth-order valence-electron chi connectivity index (χ4n) is 2.15. The van der Waals surface area contributed by atoms with Crippen molar-refractivity contribution in [3.05, 3.63) is 23.9 Å². The third kappa shape index (κ3) is 2.95. The summed E-state index contributed by atoms with van der Waals surface area (Å²) >= 11 is 0. The molecule has 0 saturated heterocycles. The molecular formula is C13H16N2O2. The lowest BCUT2D eigenvalue weighted by molar-refractivity contribution is 0.0194. The van der Waals surface area contributed by atoms with E-state index in [1.165, 1.54) is 0 Å². The number of aromatic nitrogens is 1. The molecule has 4 heteroatoms. The predicted molar refractivity (Wildman–Crippen MR) is 62.6 cm³/mol. The first-order chi connectivity index (χ1) is 8.33. The molecule has 90 valence electrons. The van der Waals surface area contributed by atoms with Gasteiger partial charge in [0.05, 0.1) is 6.10 Å². The molecule has 17 heavy (non-hydrogen) atoms. The first-order valence-electron chi connectivity index (χ1n) is 5.88. The Kier molecular flexibility index (Phi) is 3.94. The van der Waals surface area contributed by atoms with E-state index in [4.69, 9.17) is 14.7 Å². The van der Waals surface area contributed by atoms with E-state index in [1.54, 1.807) is 25.4 Å². The molecule has 1 heterocycles. The van der Waals surface area contributed by atoms with Gasteiger partial charge < -0.3 is 9.47 Å². The van der Waals surface area contributed by atoms with E-state index in [0.717, 1.165) is 25.7 Å². The quantitative estimate of drug-likeness (QED) is 0.802. The van der Waals surface area contributed by atoms with Crippen molar-refractivity contribution in [2.24, 2.45) is 0 Å². The van der Waals surface area contributed by atoms with Gasteiger partial charge in [0, 0.05) is 19.7 Å². The lowest BCUT2D eigenvalue weighted by atomic mass is 9.95. The lowest BCUT2D eigenvalue weighted by Crippen LogP contribution is -2.29. The first-order valence-corrected chi connectivity index (χ1v) is 5.88. The van der Waals surface area contributed by atoms with Crippen LogP contribution in [0.2, 0.25) is 0 Å². The second kappa shape index (κ2) is 5.65. The van der Waals surface area contributed by atoms with Gasteiger partial charge in [0.1, 0.15) is 17.7 Å². The Bertz CT molecular complexity index is 414. The summed E-state index contributed by atoms with van der Waals surface area (Å²) in [5.74, 6) is 0.441. The fraction of sp³-hybridized carbons (Fsp3) is 0.538. The van der Waals surface area contributed by atoms with Crippen LogP contribution in [0.25, 0.3) is 0 Å². The van der Waals surface area contributed by atoms with Gasteiger partial charge in [-0.15, -0.1) is 0 Å². The van der Waals surface area contributed by atoms with Crippen molar-refractivity contribution in [2.45, 2.75) is 37.9 Å². The van der Waals surface area contributed by atoms with Gasteiger partial charge in [0.25, 0.3) is 0 Å². The lowest BCUT2D eigenvalue weighted by Gasteiger charge is -2.28. The van der Waals surface area contributed by atoms with E-state index in [1.807, 2.05) is 0 Å². The van der Waals surface area contributed by atoms with Crippen LogP contribution in [0.4, 0.5) is 0 Å². The van der Waals surface area contributed by atoms with Crippen LogP contribution in [0.5, 0.6) is 5.88 Å². The average molecular weight is 232 g/mol. The van der Waals surface area contributed by atoms with Gasteiger partial charge in [-0.25, -0.2) is 4.98 Å². The highest BCUT2D eigenvalue weighted by atomic mass is 16.5. The molecule has 2 rings (SSSR count). The number of nitrogens with zero attached hydrogens (tertiary/aromatic N) is 2. The molecule has 2 atom stereocenters. The standard InChI is InChI=1S/C13H16N2O2/c1-16-11-5-2-6-12(8-11)17-13-10(9-14)4-3-7-15-13/h3-4,7,11-12H,2,5-6,8H2,1H3. The van der Waals surface area contributed by atoms with Crippen molar-refractivity contribution in [3.8, 4) is 11.9 Å². The van der Waals surface area contributed by atoms with Gasteiger partial charge in [-0.05, 0) is 31.4 Å². The minimum Gasteiger partial charge on any atom is -0.473 e. The second-order valence-corrected chi connectivity index (χ2v) is 4.23. The minimum atomic E-state index is 0.107. The van der Waals surface area contributed by atoms with Crippen molar-refractivity contribution >= 4 is 0 Å². The summed E-state index contributed by atoms with van der Waals surface area (Å²) in [5.41, 5.74) is 0.493. The van der Waals surface area contributed by atoms with Crippen molar-refractivity contribution < 1.29 is 9.47 Å². The molecule has 1 aromatic heterocycles. The number of methoxy groups -OCH3 is 1. The number of hydrogen-bond donors (Lipinski definition) is 0. The maximum atomic E-state index is 8.95. The summed E-state index contributed by atoms with van der Waals surface area (Å²) in [5, 5.41) is 8.95. The monoisotopic (exact) mass is 232 g/mol. The van der Waals surface area contributed by atoms with Gasteiger partial charge in [0.2, 0.25) is 5.88 Å². The average Bonchev–Trinajstić information content (AvgIpc) is 2.39. The Hall–Kier alpha value is -1.60. The molecule has 1 fully saturated rings. The van der Waals surface area contributed by atoms with E-state index >= 15 is 0 Å². The number of pyridine rings is 1. The highest BCUT2D eigenvalue weighted by molar-refractivity contribution is 5.37. The van der Waals surface area contributed by atoms with Crippen LogP contribution in [-0.2, 0) is 4.74 Å². The zero-order chi connectivity index (χ0) is 12.1. The second-order valence-electron chi connectivity index (χ2n) is 4.23. The maximum absolute atomic E-state index is 8.95. The predicted octanol–water partition coefficient (Wildman–Crippen LogP) is 2.29. The number of hydrogen-bond acceptors (Lipinski definition) is 4. The first kappa shape index (κ1) is 11.9. The molecule has 0 aliphatic heterocycles. The SMILES string of the molecule is COC1CCCC(Oc2ncccc2C#N)C1. The summed E-state index contributed by atoms with van der Waals surface area (Å²) < 4.78 is 11.1. The molecule has 0 bridgehead atoms. The van der Waals surface area contributed by atoms with Crippen LogP contribution in [0.3, 0.4) is 0 Å². The normalized spacial score (nSPS) is 24.0. The number of nitriles is 1. The topological polar surface area (TPSA) is 55.1 Å². The molecular weight excluding hydrogens is 216 g/mol. The molecule has 1 aliphatic rings. The van der Waals surface area contributed by atoms with Crippen molar-refractivity contribution in [3.63, 3.8) is 0 Å².